The summed E-state index contributed by atoms with van der Waals surface area (Å²) >= 11 is 1.94. The lowest BCUT2D eigenvalue weighted by Gasteiger charge is -2.16. The molecular weight excluding hydrogens is 420 g/mol. The molecule has 5 N–H and O–H groups in total. The monoisotopic (exact) mass is 460 g/mol. The number of amides is 3. The van der Waals surface area contributed by atoms with Crippen molar-refractivity contribution >= 4 is 23.7 Å². The second-order valence-electron chi connectivity index (χ2n) is 7.90. The van der Waals surface area contributed by atoms with Gasteiger partial charge in [-0.2, -0.15) is 11.8 Å². The molecule has 3 unspecified atom stereocenters. The maximum Gasteiger partial charge on any atom is 0.315 e. The summed E-state index contributed by atoms with van der Waals surface area (Å²) in [5.41, 5.74) is 5.38. The Morgan fingerprint density at radius 2 is 1.68 bits per heavy atom. The normalized spacial score (nSPS) is 22.2. The number of nitrogens with one attached hydrogen (secondary N) is 3. The molecule has 2 fully saturated rings. The minimum atomic E-state index is -0.0319. The van der Waals surface area contributed by atoms with Crippen molar-refractivity contribution in [2.75, 3.05) is 58.5 Å². The Balaban J connectivity index is 1.30. The van der Waals surface area contributed by atoms with Crippen molar-refractivity contribution in [3.8, 4) is 0 Å². The van der Waals surface area contributed by atoms with Gasteiger partial charge in [-0.3, -0.25) is 4.79 Å². The van der Waals surface area contributed by atoms with Crippen molar-refractivity contribution < 1.29 is 23.8 Å². The van der Waals surface area contributed by atoms with Gasteiger partial charge in [0.15, 0.2) is 0 Å². The summed E-state index contributed by atoms with van der Waals surface area (Å²) in [6.45, 7) is 4.85. The number of thioether (sulfide) groups is 1. The van der Waals surface area contributed by atoms with Gasteiger partial charge in [-0.05, 0) is 32.2 Å². The standard InChI is InChI=1S/C21H40N4O5S/c22-8-4-10-28-12-14-30-15-13-29-11-5-9-23-19(26)7-3-1-2-6-18-20-17(16-31-18)24-21(27)25-20/h17-18,20H,1-16,22H2,(H,23,26)(H2,24,25,27). The van der Waals surface area contributed by atoms with Crippen molar-refractivity contribution in [3.05, 3.63) is 0 Å². The Hall–Kier alpha value is -1.07. The minimum absolute atomic E-state index is 0.0319. The fourth-order valence-corrected chi connectivity index (χ4v) is 5.21. The minimum Gasteiger partial charge on any atom is -0.379 e. The molecule has 2 heterocycles. The molecule has 0 bridgehead atoms. The van der Waals surface area contributed by atoms with E-state index < -0.39 is 0 Å². The van der Waals surface area contributed by atoms with Gasteiger partial charge in [0.2, 0.25) is 5.91 Å². The van der Waals surface area contributed by atoms with Crippen LogP contribution >= 0.6 is 11.8 Å². The molecular formula is C21H40N4O5S. The van der Waals surface area contributed by atoms with Crippen molar-refractivity contribution in [2.24, 2.45) is 5.73 Å². The van der Waals surface area contributed by atoms with Crippen LogP contribution in [-0.4, -0.2) is 87.8 Å². The zero-order valence-corrected chi connectivity index (χ0v) is 19.4. The summed E-state index contributed by atoms with van der Waals surface area (Å²) in [6, 6.07) is 0.529. The van der Waals surface area contributed by atoms with E-state index in [4.69, 9.17) is 19.9 Å². The van der Waals surface area contributed by atoms with Gasteiger partial charge in [-0.25, -0.2) is 4.79 Å². The molecule has 0 aliphatic carbocycles. The zero-order chi connectivity index (χ0) is 22.2. The molecule has 0 radical (unpaired) electrons. The Morgan fingerprint density at radius 1 is 0.968 bits per heavy atom. The Bertz CT molecular complexity index is 514. The number of rotatable bonds is 19. The second-order valence-corrected chi connectivity index (χ2v) is 9.18. The number of carbonyl (C=O) groups excluding carboxylic acids is 2. The smallest absolute Gasteiger partial charge is 0.315 e. The van der Waals surface area contributed by atoms with Gasteiger partial charge in [0, 0.05) is 37.2 Å². The van der Waals surface area contributed by atoms with E-state index in [9.17, 15) is 9.59 Å². The van der Waals surface area contributed by atoms with Crippen LogP contribution in [0.2, 0.25) is 0 Å². The van der Waals surface area contributed by atoms with E-state index in [-0.39, 0.29) is 24.0 Å². The van der Waals surface area contributed by atoms with Gasteiger partial charge in [0.05, 0.1) is 38.5 Å². The number of fused-ring (bicyclic) bond motifs is 1. The van der Waals surface area contributed by atoms with Gasteiger partial charge >= 0.3 is 6.03 Å². The van der Waals surface area contributed by atoms with E-state index in [1.165, 1.54) is 0 Å². The molecule has 10 heteroatoms. The molecule has 3 atom stereocenters. The zero-order valence-electron chi connectivity index (χ0n) is 18.6. The lowest BCUT2D eigenvalue weighted by atomic mass is 10.0. The predicted octanol–water partition coefficient (Wildman–Crippen LogP) is 1.01. The first kappa shape index (κ1) is 26.2. The highest BCUT2D eigenvalue weighted by Gasteiger charge is 2.42. The van der Waals surface area contributed by atoms with Crippen LogP contribution in [0.25, 0.3) is 0 Å². The lowest BCUT2D eigenvalue weighted by Crippen LogP contribution is -2.36. The molecule has 2 aliphatic rings. The molecule has 2 aliphatic heterocycles. The summed E-state index contributed by atoms with van der Waals surface area (Å²) in [6.07, 6.45) is 6.40. The van der Waals surface area contributed by atoms with E-state index in [1.807, 2.05) is 11.8 Å². The quantitative estimate of drug-likeness (QED) is 0.167. The maximum absolute atomic E-state index is 11.9. The van der Waals surface area contributed by atoms with Gasteiger partial charge in [0.1, 0.15) is 0 Å². The Morgan fingerprint density at radius 3 is 2.42 bits per heavy atom. The highest BCUT2D eigenvalue weighted by Crippen LogP contribution is 2.33. The Kier molecular flexibility index (Phi) is 14.0. The third kappa shape index (κ3) is 11.4. The first-order valence-electron chi connectivity index (χ1n) is 11.6. The molecule has 0 saturated carbocycles. The van der Waals surface area contributed by atoms with E-state index in [1.54, 1.807) is 0 Å². The number of nitrogens with two attached hydrogens (primary N) is 1. The van der Waals surface area contributed by atoms with Crippen LogP contribution in [0.1, 0.15) is 44.9 Å². The molecule has 180 valence electrons. The topological polar surface area (TPSA) is 124 Å². The highest BCUT2D eigenvalue weighted by atomic mass is 32.2. The maximum atomic E-state index is 11.9. The van der Waals surface area contributed by atoms with Crippen LogP contribution in [0.15, 0.2) is 0 Å². The van der Waals surface area contributed by atoms with Crippen LogP contribution < -0.4 is 21.7 Å². The Labute approximate surface area is 190 Å². The van der Waals surface area contributed by atoms with Crippen LogP contribution in [0.5, 0.6) is 0 Å². The van der Waals surface area contributed by atoms with E-state index in [0.717, 1.165) is 44.3 Å². The molecule has 0 aromatic carbocycles. The van der Waals surface area contributed by atoms with Crippen LogP contribution in [0, 0.1) is 0 Å². The fourth-order valence-electron chi connectivity index (χ4n) is 3.67. The lowest BCUT2D eigenvalue weighted by molar-refractivity contribution is -0.121. The number of ether oxygens (including phenoxy) is 3. The average Bonchev–Trinajstić information content (AvgIpc) is 3.30. The van der Waals surface area contributed by atoms with Gasteiger partial charge in [-0.15, -0.1) is 0 Å². The molecule has 0 spiro atoms. The summed E-state index contributed by atoms with van der Waals surface area (Å²) in [4.78, 5) is 23.3. The van der Waals surface area contributed by atoms with Gasteiger partial charge in [-0.1, -0.05) is 12.8 Å². The van der Waals surface area contributed by atoms with E-state index >= 15 is 0 Å². The van der Waals surface area contributed by atoms with Gasteiger partial charge in [0.25, 0.3) is 0 Å². The first-order valence-corrected chi connectivity index (χ1v) is 12.6. The molecule has 0 aromatic heterocycles. The largest absolute Gasteiger partial charge is 0.379 e. The highest BCUT2D eigenvalue weighted by molar-refractivity contribution is 8.00. The summed E-state index contributed by atoms with van der Waals surface area (Å²) < 4.78 is 16.2. The number of hydrogen-bond donors (Lipinski definition) is 4. The van der Waals surface area contributed by atoms with Gasteiger partial charge < -0.3 is 35.9 Å². The third-order valence-electron chi connectivity index (χ3n) is 5.36. The average molecular weight is 461 g/mol. The van der Waals surface area contributed by atoms with E-state index in [2.05, 4.69) is 16.0 Å². The van der Waals surface area contributed by atoms with Crippen LogP contribution in [-0.2, 0) is 19.0 Å². The molecule has 31 heavy (non-hydrogen) atoms. The van der Waals surface area contributed by atoms with Crippen LogP contribution in [0.3, 0.4) is 0 Å². The van der Waals surface area contributed by atoms with Crippen molar-refractivity contribution in [1.82, 2.24) is 16.0 Å². The third-order valence-corrected chi connectivity index (χ3v) is 6.86. The second kappa shape index (κ2) is 16.5. The van der Waals surface area contributed by atoms with E-state index in [0.29, 0.717) is 64.4 Å². The fraction of sp³-hybridized carbons (Fsp3) is 0.905. The van der Waals surface area contributed by atoms with Crippen molar-refractivity contribution in [3.63, 3.8) is 0 Å². The predicted molar refractivity (Wildman–Crippen MR) is 122 cm³/mol. The summed E-state index contributed by atoms with van der Waals surface area (Å²) in [5.74, 6) is 1.11. The molecule has 0 aromatic rings. The SMILES string of the molecule is NCCCOCCOCCOCCCNC(=O)CCCCCC1SCC2NC(=O)NC21. The van der Waals surface area contributed by atoms with Crippen LogP contribution in [0.4, 0.5) is 4.79 Å². The van der Waals surface area contributed by atoms with Crippen molar-refractivity contribution in [2.45, 2.75) is 62.3 Å². The molecule has 3 amide bonds. The molecule has 9 nitrogen and oxygen atoms in total. The van der Waals surface area contributed by atoms with Crippen molar-refractivity contribution in [1.29, 1.82) is 0 Å². The summed E-state index contributed by atoms with van der Waals surface area (Å²) in [7, 11) is 0. The number of unbranched alkanes of at least 4 members (excludes halogenated alkanes) is 2. The number of urea groups is 1. The molecule has 2 saturated heterocycles. The summed E-state index contributed by atoms with van der Waals surface area (Å²) in [5, 5.41) is 9.44. The first-order chi connectivity index (χ1) is 15.2. The molecule has 2 rings (SSSR count). The number of carbonyl (C=O) groups is 2. The number of hydrogen-bond acceptors (Lipinski definition) is 7.